The van der Waals surface area contributed by atoms with Crippen LogP contribution in [0.3, 0.4) is 0 Å². The molecule has 0 aliphatic carbocycles. The van der Waals surface area contributed by atoms with Crippen molar-refractivity contribution < 1.29 is 28.9 Å². The maximum Gasteiger partial charge on any atom is 0.420 e. The number of hydrogen-bond donors (Lipinski definition) is 0. The minimum absolute atomic E-state index is 0.109. The summed E-state index contributed by atoms with van der Waals surface area (Å²) in [5.74, 6) is -1.33. The molecule has 0 unspecified atom stereocenters. The largest absolute Gasteiger partial charge is 0.450 e. The van der Waals surface area contributed by atoms with Crippen LogP contribution in [0.1, 0.15) is 45.7 Å². The molecule has 0 bridgehead atoms. The Balaban J connectivity index is 1.74. The standard InChI is InChI=1S/C26H22O6/c1-4-19-12-9-15-23(24(19)25(28)20-10-6-5-7-11-20)31-32-26(29)18(3)30-22-14-8-13-21(16-22)17(2)27/h5-16H,3-4H2,1-2H3. The molecule has 6 nitrogen and oxygen atoms in total. The molecule has 6 heteroatoms. The molecule has 0 N–H and O–H groups in total. The van der Waals surface area contributed by atoms with Crippen molar-refractivity contribution in [1.29, 1.82) is 0 Å². The SMILES string of the molecule is C=C(Oc1cccc(C(C)=O)c1)C(=O)OOc1cccc(CC)c1C(=O)c1ccccc1. The number of rotatable bonds is 9. The molecule has 3 rings (SSSR count). The van der Waals surface area contributed by atoms with Crippen LogP contribution in [0, 0.1) is 0 Å². The van der Waals surface area contributed by atoms with E-state index in [1.165, 1.54) is 13.0 Å². The van der Waals surface area contributed by atoms with E-state index in [0.717, 1.165) is 5.56 Å². The lowest BCUT2D eigenvalue weighted by molar-refractivity contribution is -0.211. The molecule has 0 saturated carbocycles. The summed E-state index contributed by atoms with van der Waals surface area (Å²) in [5.41, 5.74) is 1.99. The van der Waals surface area contributed by atoms with Crippen LogP contribution in [0.4, 0.5) is 0 Å². The van der Waals surface area contributed by atoms with Crippen LogP contribution >= 0.6 is 0 Å². The van der Waals surface area contributed by atoms with Gasteiger partial charge >= 0.3 is 5.97 Å². The molecular weight excluding hydrogens is 408 g/mol. The zero-order valence-corrected chi connectivity index (χ0v) is 17.8. The fourth-order valence-electron chi connectivity index (χ4n) is 3.02. The molecule has 0 fully saturated rings. The molecule has 0 aliphatic heterocycles. The van der Waals surface area contributed by atoms with Gasteiger partial charge in [-0.15, -0.1) is 0 Å². The van der Waals surface area contributed by atoms with E-state index in [1.807, 2.05) is 19.1 Å². The van der Waals surface area contributed by atoms with E-state index < -0.39 is 5.97 Å². The lowest BCUT2D eigenvalue weighted by Gasteiger charge is -2.13. The molecule has 0 spiro atoms. The van der Waals surface area contributed by atoms with Gasteiger partial charge in [-0.3, -0.25) is 14.5 Å². The van der Waals surface area contributed by atoms with Crippen molar-refractivity contribution in [2.75, 3.05) is 0 Å². The smallest absolute Gasteiger partial charge is 0.420 e. The summed E-state index contributed by atoms with van der Waals surface area (Å²) in [5, 5.41) is 0. The third-order valence-electron chi connectivity index (χ3n) is 4.67. The van der Waals surface area contributed by atoms with Crippen molar-refractivity contribution in [3.8, 4) is 11.5 Å². The van der Waals surface area contributed by atoms with Gasteiger partial charge in [-0.1, -0.05) is 61.5 Å². The number of carbonyl (C=O) groups excluding carboxylic acids is 3. The van der Waals surface area contributed by atoms with Crippen LogP contribution in [-0.2, 0) is 16.1 Å². The Morgan fingerprint density at radius 1 is 0.875 bits per heavy atom. The molecule has 0 radical (unpaired) electrons. The maximum atomic E-state index is 13.1. The van der Waals surface area contributed by atoms with E-state index >= 15 is 0 Å². The van der Waals surface area contributed by atoms with E-state index in [1.54, 1.807) is 54.6 Å². The highest BCUT2D eigenvalue weighted by atomic mass is 17.2. The van der Waals surface area contributed by atoms with Gasteiger partial charge in [0.15, 0.2) is 17.3 Å². The highest BCUT2D eigenvalue weighted by molar-refractivity contribution is 6.11. The second kappa shape index (κ2) is 10.2. The number of carbonyl (C=O) groups is 3. The second-order valence-corrected chi connectivity index (χ2v) is 6.90. The molecule has 0 aromatic heterocycles. The van der Waals surface area contributed by atoms with Crippen LogP contribution in [0.5, 0.6) is 11.5 Å². The predicted octanol–water partition coefficient (Wildman–Crippen LogP) is 5.11. The third kappa shape index (κ3) is 5.29. The number of ether oxygens (including phenoxy) is 1. The molecule has 0 aliphatic rings. The van der Waals surface area contributed by atoms with Gasteiger partial charge in [-0.2, -0.15) is 0 Å². The molecule has 162 valence electrons. The van der Waals surface area contributed by atoms with Gasteiger partial charge in [-0.05, 0) is 43.7 Å². The van der Waals surface area contributed by atoms with Gasteiger partial charge in [0.1, 0.15) is 5.75 Å². The third-order valence-corrected chi connectivity index (χ3v) is 4.67. The molecule has 3 aromatic carbocycles. The zero-order valence-electron chi connectivity index (χ0n) is 17.8. The van der Waals surface area contributed by atoms with Crippen LogP contribution in [0.25, 0.3) is 0 Å². The Morgan fingerprint density at radius 2 is 1.56 bits per heavy atom. The Hall–Kier alpha value is -4.19. The number of ketones is 2. The van der Waals surface area contributed by atoms with Gasteiger partial charge in [0.25, 0.3) is 0 Å². The highest BCUT2D eigenvalue weighted by Gasteiger charge is 2.21. The first kappa shape index (κ1) is 22.5. The van der Waals surface area contributed by atoms with E-state index in [0.29, 0.717) is 23.1 Å². The maximum absolute atomic E-state index is 13.1. The summed E-state index contributed by atoms with van der Waals surface area (Å²) >= 11 is 0. The van der Waals surface area contributed by atoms with E-state index in [-0.39, 0.29) is 28.8 Å². The van der Waals surface area contributed by atoms with Crippen molar-refractivity contribution in [3.05, 3.63) is 107 Å². The normalized spacial score (nSPS) is 10.2. The van der Waals surface area contributed by atoms with Gasteiger partial charge < -0.3 is 4.74 Å². The van der Waals surface area contributed by atoms with Gasteiger partial charge in [-0.25, -0.2) is 9.68 Å². The summed E-state index contributed by atoms with van der Waals surface area (Å²) in [6, 6.07) is 20.2. The summed E-state index contributed by atoms with van der Waals surface area (Å²) < 4.78 is 5.38. The number of Topliss-reactive ketones (excluding diaryl/α,β-unsaturated/α-hetero) is 1. The van der Waals surface area contributed by atoms with Crippen LogP contribution < -0.4 is 9.62 Å². The first-order valence-corrected chi connectivity index (χ1v) is 9.99. The van der Waals surface area contributed by atoms with E-state index in [2.05, 4.69) is 6.58 Å². The minimum Gasteiger partial charge on any atom is -0.450 e. The van der Waals surface area contributed by atoms with Crippen molar-refractivity contribution in [2.24, 2.45) is 0 Å². The van der Waals surface area contributed by atoms with Crippen LogP contribution in [-0.4, -0.2) is 17.5 Å². The molecule has 32 heavy (non-hydrogen) atoms. The summed E-state index contributed by atoms with van der Waals surface area (Å²) in [4.78, 5) is 47.0. The predicted molar refractivity (Wildman–Crippen MR) is 119 cm³/mol. The summed E-state index contributed by atoms with van der Waals surface area (Å²) in [6.07, 6.45) is 0.585. The van der Waals surface area contributed by atoms with Crippen molar-refractivity contribution in [2.45, 2.75) is 20.3 Å². The van der Waals surface area contributed by atoms with E-state index in [4.69, 9.17) is 14.5 Å². The molecule has 0 atom stereocenters. The molecule has 0 amide bonds. The Morgan fingerprint density at radius 3 is 2.25 bits per heavy atom. The average Bonchev–Trinajstić information content (AvgIpc) is 2.82. The average molecular weight is 430 g/mol. The number of aryl methyl sites for hydroxylation is 1. The molecular formula is C26H22O6. The van der Waals surface area contributed by atoms with Crippen molar-refractivity contribution in [1.82, 2.24) is 0 Å². The minimum atomic E-state index is -0.974. The Labute approximate surface area is 186 Å². The fraction of sp³-hybridized carbons (Fsp3) is 0.115. The topological polar surface area (TPSA) is 78.9 Å². The molecule has 0 heterocycles. The van der Waals surface area contributed by atoms with Gasteiger partial charge in [0.2, 0.25) is 5.76 Å². The number of hydrogen-bond acceptors (Lipinski definition) is 6. The monoisotopic (exact) mass is 430 g/mol. The first-order valence-electron chi connectivity index (χ1n) is 9.99. The molecule has 0 saturated heterocycles. The highest BCUT2D eigenvalue weighted by Crippen LogP contribution is 2.27. The van der Waals surface area contributed by atoms with Crippen LogP contribution in [0.15, 0.2) is 85.1 Å². The Bertz CT molecular complexity index is 1160. The zero-order chi connectivity index (χ0) is 23.1. The first-order chi connectivity index (χ1) is 15.4. The van der Waals surface area contributed by atoms with Crippen molar-refractivity contribution >= 4 is 17.5 Å². The fourth-order valence-corrected chi connectivity index (χ4v) is 3.02. The lowest BCUT2D eigenvalue weighted by Crippen LogP contribution is -2.16. The lowest BCUT2D eigenvalue weighted by atomic mass is 9.96. The Kier molecular flexibility index (Phi) is 7.18. The van der Waals surface area contributed by atoms with Crippen molar-refractivity contribution in [3.63, 3.8) is 0 Å². The quantitative estimate of drug-likeness (QED) is 0.154. The second-order valence-electron chi connectivity index (χ2n) is 6.90. The summed E-state index contributed by atoms with van der Waals surface area (Å²) in [6.45, 7) is 6.89. The number of benzene rings is 3. The van der Waals surface area contributed by atoms with Crippen LogP contribution in [0.2, 0.25) is 0 Å². The van der Waals surface area contributed by atoms with Gasteiger partial charge in [0, 0.05) is 11.1 Å². The molecule has 3 aromatic rings. The summed E-state index contributed by atoms with van der Waals surface area (Å²) in [7, 11) is 0. The van der Waals surface area contributed by atoms with E-state index in [9.17, 15) is 14.4 Å². The van der Waals surface area contributed by atoms with Gasteiger partial charge in [0.05, 0.1) is 5.56 Å².